The summed E-state index contributed by atoms with van der Waals surface area (Å²) in [5.41, 5.74) is -0.213. The number of aryl methyl sites for hydroxylation is 1. The maximum Gasteiger partial charge on any atom is 0.117 e. The second-order valence-corrected chi connectivity index (χ2v) is 5.72. The molecule has 0 saturated carbocycles. The summed E-state index contributed by atoms with van der Waals surface area (Å²) in [6, 6.07) is 0. The van der Waals surface area contributed by atoms with E-state index < -0.39 is 5.60 Å². The van der Waals surface area contributed by atoms with E-state index in [0.29, 0.717) is 6.54 Å². The molecule has 0 saturated heterocycles. The Kier molecular flexibility index (Phi) is 4.27. The number of β-amino-alcohol motifs (C(OH)–C–C–N with tert-alkyl or cyclic N) is 1. The Morgan fingerprint density at radius 1 is 1.35 bits per heavy atom. The van der Waals surface area contributed by atoms with Gasteiger partial charge in [0.2, 0.25) is 0 Å². The van der Waals surface area contributed by atoms with E-state index in [2.05, 4.69) is 43.3 Å². The molecule has 0 aliphatic heterocycles. The molecule has 0 amide bonds. The fourth-order valence-electron chi connectivity index (χ4n) is 1.58. The highest BCUT2D eigenvalue weighted by Gasteiger charge is 2.29. The molecule has 0 radical (unpaired) electrons. The number of nitrogens with zero attached hydrogens (tertiary/aromatic N) is 3. The van der Waals surface area contributed by atoms with Gasteiger partial charge in [0.1, 0.15) is 5.60 Å². The molecule has 0 aliphatic rings. The van der Waals surface area contributed by atoms with Crippen LogP contribution in [0.5, 0.6) is 0 Å². The molecule has 1 heterocycles. The Balaban J connectivity index is 2.77. The Bertz CT molecular complexity index is 352. The number of aromatic nitrogens is 3. The Labute approximate surface area is 103 Å². The normalized spacial score (nSPS) is 15.9. The maximum absolute atomic E-state index is 10.5. The van der Waals surface area contributed by atoms with Crippen LogP contribution in [0.2, 0.25) is 0 Å². The molecule has 5 heteroatoms. The quantitative estimate of drug-likeness (QED) is 0.814. The van der Waals surface area contributed by atoms with Crippen LogP contribution in [0.4, 0.5) is 0 Å². The topological polar surface area (TPSA) is 63.0 Å². The molecule has 0 fully saturated rings. The Morgan fingerprint density at radius 3 is 2.53 bits per heavy atom. The molecule has 0 bridgehead atoms. The second-order valence-electron chi connectivity index (χ2n) is 5.72. The van der Waals surface area contributed by atoms with E-state index in [9.17, 15) is 5.11 Å². The first-order valence-corrected chi connectivity index (χ1v) is 6.12. The van der Waals surface area contributed by atoms with Gasteiger partial charge in [-0.05, 0) is 34.1 Å². The smallest absolute Gasteiger partial charge is 0.117 e. The SMILES string of the molecule is CCCn1nncc1C(C)(O)CNC(C)(C)C. The minimum atomic E-state index is -0.952. The van der Waals surface area contributed by atoms with Crippen molar-refractivity contribution in [2.24, 2.45) is 0 Å². The summed E-state index contributed by atoms with van der Waals surface area (Å²) in [5.74, 6) is 0. The van der Waals surface area contributed by atoms with Gasteiger partial charge in [0, 0.05) is 18.6 Å². The van der Waals surface area contributed by atoms with Crippen molar-refractivity contribution >= 4 is 0 Å². The fourth-order valence-corrected chi connectivity index (χ4v) is 1.58. The summed E-state index contributed by atoms with van der Waals surface area (Å²) < 4.78 is 1.77. The number of rotatable bonds is 5. The van der Waals surface area contributed by atoms with Crippen molar-refractivity contribution in [1.82, 2.24) is 20.3 Å². The minimum absolute atomic E-state index is 0.0208. The van der Waals surface area contributed by atoms with Gasteiger partial charge in [-0.3, -0.25) is 0 Å². The summed E-state index contributed by atoms with van der Waals surface area (Å²) >= 11 is 0. The van der Waals surface area contributed by atoms with Gasteiger partial charge in [-0.25, -0.2) is 4.68 Å². The zero-order valence-corrected chi connectivity index (χ0v) is 11.5. The van der Waals surface area contributed by atoms with Gasteiger partial charge >= 0.3 is 0 Å². The molecule has 0 aromatic carbocycles. The Hall–Kier alpha value is -0.940. The first-order valence-electron chi connectivity index (χ1n) is 6.12. The van der Waals surface area contributed by atoms with E-state index in [1.54, 1.807) is 17.8 Å². The Morgan fingerprint density at radius 2 is 2.00 bits per heavy atom. The van der Waals surface area contributed by atoms with Gasteiger partial charge in [-0.15, -0.1) is 5.10 Å². The third kappa shape index (κ3) is 4.09. The van der Waals surface area contributed by atoms with E-state index in [4.69, 9.17) is 0 Å². The van der Waals surface area contributed by atoms with Crippen LogP contribution in [0.3, 0.4) is 0 Å². The highest BCUT2D eigenvalue weighted by Crippen LogP contribution is 2.19. The second kappa shape index (κ2) is 5.14. The largest absolute Gasteiger partial charge is 0.382 e. The highest BCUT2D eigenvalue weighted by molar-refractivity contribution is 5.07. The van der Waals surface area contributed by atoms with E-state index in [0.717, 1.165) is 18.7 Å². The van der Waals surface area contributed by atoms with E-state index in [1.165, 1.54) is 0 Å². The average Bonchev–Trinajstić information content (AvgIpc) is 2.63. The van der Waals surface area contributed by atoms with Crippen LogP contribution in [0, 0.1) is 0 Å². The van der Waals surface area contributed by atoms with E-state index >= 15 is 0 Å². The zero-order chi connectivity index (χ0) is 13.1. The van der Waals surface area contributed by atoms with Crippen LogP contribution in [0.1, 0.15) is 46.7 Å². The predicted octanol–water partition coefficient (Wildman–Crippen LogP) is 1.28. The van der Waals surface area contributed by atoms with Gasteiger partial charge in [-0.1, -0.05) is 12.1 Å². The predicted molar refractivity (Wildman–Crippen MR) is 67.6 cm³/mol. The van der Waals surface area contributed by atoms with Crippen molar-refractivity contribution < 1.29 is 5.11 Å². The number of hydrogen-bond acceptors (Lipinski definition) is 4. The molecule has 1 aromatic heterocycles. The molecule has 0 spiro atoms. The zero-order valence-electron chi connectivity index (χ0n) is 11.5. The monoisotopic (exact) mass is 240 g/mol. The standard InChI is InChI=1S/C12H24N4O/c1-6-7-16-10(8-14-15-16)12(5,17)9-13-11(2,3)4/h8,13,17H,6-7,9H2,1-5H3. The van der Waals surface area contributed by atoms with Gasteiger partial charge in [0.05, 0.1) is 11.9 Å². The van der Waals surface area contributed by atoms with Crippen LogP contribution in [0.15, 0.2) is 6.20 Å². The molecule has 1 unspecified atom stereocenters. The first kappa shape index (κ1) is 14.1. The van der Waals surface area contributed by atoms with Crippen LogP contribution in [-0.2, 0) is 12.1 Å². The van der Waals surface area contributed by atoms with Crippen molar-refractivity contribution in [3.63, 3.8) is 0 Å². The van der Waals surface area contributed by atoms with Crippen molar-refractivity contribution in [2.45, 2.75) is 58.7 Å². The summed E-state index contributed by atoms with van der Waals surface area (Å²) in [4.78, 5) is 0. The lowest BCUT2D eigenvalue weighted by Gasteiger charge is -2.29. The van der Waals surface area contributed by atoms with Gasteiger partial charge < -0.3 is 10.4 Å². The van der Waals surface area contributed by atoms with Crippen LogP contribution >= 0.6 is 0 Å². The molecular weight excluding hydrogens is 216 g/mol. The summed E-state index contributed by atoms with van der Waals surface area (Å²) in [6.45, 7) is 11.3. The van der Waals surface area contributed by atoms with Gasteiger partial charge in [0.15, 0.2) is 0 Å². The fraction of sp³-hybridized carbons (Fsp3) is 0.833. The summed E-state index contributed by atoms with van der Waals surface area (Å²) in [6.07, 6.45) is 2.61. The van der Waals surface area contributed by atoms with Crippen molar-refractivity contribution in [1.29, 1.82) is 0 Å². The lowest BCUT2D eigenvalue weighted by atomic mass is 10.0. The minimum Gasteiger partial charge on any atom is -0.382 e. The number of aliphatic hydroxyl groups is 1. The van der Waals surface area contributed by atoms with Gasteiger partial charge in [-0.2, -0.15) is 0 Å². The molecule has 2 N–H and O–H groups in total. The lowest BCUT2D eigenvalue weighted by Crippen LogP contribution is -2.45. The van der Waals surface area contributed by atoms with Crippen LogP contribution in [0.25, 0.3) is 0 Å². The molecule has 1 rings (SSSR count). The summed E-state index contributed by atoms with van der Waals surface area (Å²) in [7, 11) is 0. The van der Waals surface area contributed by atoms with Crippen molar-refractivity contribution in [3.8, 4) is 0 Å². The van der Waals surface area contributed by atoms with Crippen molar-refractivity contribution in [2.75, 3.05) is 6.54 Å². The van der Waals surface area contributed by atoms with E-state index in [-0.39, 0.29) is 5.54 Å². The molecular formula is C12H24N4O. The highest BCUT2D eigenvalue weighted by atomic mass is 16.3. The van der Waals surface area contributed by atoms with Gasteiger partial charge in [0.25, 0.3) is 0 Å². The van der Waals surface area contributed by atoms with Crippen molar-refractivity contribution in [3.05, 3.63) is 11.9 Å². The van der Waals surface area contributed by atoms with Crippen LogP contribution < -0.4 is 5.32 Å². The first-order chi connectivity index (χ1) is 7.76. The van der Waals surface area contributed by atoms with E-state index in [1.807, 2.05) is 0 Å². The molecule has 1 atom stereocenters. The molecule has 17 heavy (non-hydrogen) atoms. The number of nitrogens with one attached hydrogen (secondary N) is 1. The molecule has 1 aromatic rings. The average molecular weight is 240 g/mol. The molecule has 5 nitrogen and oxygen atoms in total. The third-order valence-corrected chi connectivity index (χ3v) is 2.57. The number of hydrogen-bond donors (Lipinski definition) is 2. The third-order valence-electron chi connectivity index (χ3n) is 2.57. The summed E-state index contributed by atoms with van der Waals surface area (Å²) in [5, 5.41) is 21.7. The van der Waals surface area contributed by atoms with Crippen LogP contribution in [-0.4, -0.2) is 32.2 Å². The lowest BCUT2D eigenvalue weighted by molar-refractivity contribution is 0.0409. The molecule has 0 aliphatic carbocycles. The maximum atomic E-state index is 10.5. The molecule has 98 valence electrons.